The van der Waals surface area contributed by atoms with Crippen molar-refractivity contribution in [3.63, 3.8) is 0 Å². The maximum Gasteiger partial charge on any atom is 0.433 e. The number of para-hydroxylation sites is 1. The van der Waals surface area contributed by atoms with E-state index in [1.807, 2.05) is 6.07 Å². The van der Waals surface area contributed by atoms with E-state index >= 15 is 0 Å². The molecule has 0 saturated carbocycles. The lowest BCUT2D eigenvalue weighted by Gasteiger charge is -2.29. The molecule has 1 aromatic carbocycles. The van der Waals surface area contributed by atoms with Gasteiger partial charge in [0.1, 0.15) is 23.1 Å². The Labute approximate surface area is 166 Å². The Morgan fingerprint density at radius 2 is 1.87 bits per heavy atom. The minimum atomic E-state index is -5.21. The summed E-state index contributed by atoms with van der Waals surface area (Å²) in [5.74, 6) is -1.52. The number of amides is 1. The van der Waals surface area contributed by atoms with Gasteiger partial charge in [-0.1, -0.05) is 18.2 Å². The minimum Gasteiger partial charge on any atom is -0.360 e. The Morgan fingerprint density at radius 3 is 2.50 bits per heavy atom. The van der Waals surface area contributed by atoms with Gasteiger partial charge in [-0.05, 0) is 30.5 Å². The first-order chi connectivity index (χ1) is 14.0. The molecule has 30 heavy (non-hydrogen) atoms. The molecule has 0 spiro atoms. The van der Waals surface area contributed by atoms with Crippen LogP contribution in [0.3, 0.4) is 0 Å². The number of carbonyl (C=O) groups excluding carboxylic acids is 1. The summed E-state index contributed by atoms with van der Waals surface area (Å²) in [6, 6.07) is 8.07. The van der Waals surface area contributed by atoms with E-state index in [4.69, 9.17) is 5.26 Å². The number of carbonyl (C=O) groups is 1. The molecule has 2 heterocycles. The molecule has 1 aromatic heterocycles. The van der Waals surface area contributed by atoms with Gasteiger partial charge in [0.05, 0.1) is 12.1 Å². The first-order valence-electron chi connectivity index (χ1n) is 8.74. The Kier molecular flexibility index (Phi) is 5.61. The predicted octanol–water partition coefficient (Wildman–Crippen LogP) is 4.38. The van der Waals surface area contributed by atoms with Gasteiger partial charge in [0, 0.05) is 12.2 Å². The number of nitrogens with zero attached hydrogens (tertiary/aromatic N) is 3. The molecule has 1 N–H and O–H groups in total. The number of nitrogens with one attached hydrogen (secondary N) is 1. The van der Waals surface area contributed by atoms with E-state index in [0.29, 0.717) is 18.7 Å². The van der Waals surface area contributed by atoms with Gasteiger partial charge in [-0.2, -0.15) is 31.6 Å². The zero-order valence-electron chi connectivity index (χ0n) is 15.2. The molecular formula is C19H14F6N4O. The maximum absolute atomic E-state index is 13.2. The van der Waals surface area contributed by atoms with Gasteiger partial charge in [0.15, 0.2) is 0 Å². The average Bonchev–Trinajstić information content (AvgIpc) is 2.69. The summed E-state index contributed by atoms with van der Waals surface area (Å²) in [5, 5.41) is 11.3. The summed E-state index contributed by atoms with van der Waals surface area (Å²) in [4.78, 5) is 17.1. The molecule has 3 rings (SSSR count). The Morgan fingerprint density at radius 1 is 1.17 bits per heavy atom. The SMILES string of the molecule is N#Cc1c(C(F)(F)F)cc(C(F)(F)F)nc1NCC(=O)N1CCCc2ccccc21. The number of anilines is 2. The standard InChI is InChI=1S/C19H14F6N4O/c20-18(21,22)13-8-15(19(23,24)25)28-17(12(13)9-26)27-10-16(30)29-7-3-5-11-4-1-2-6-14(11)29/h1-2,4,6,8H,3,5,7,10H2,(H,27,28). The average molecular weight is 428 g/mol. The topological polar surface area (TPSA) is 69.0 Å². The molecule has 0 unspecified atom stereocenters. The summed E-state index contributed by atoms with van der Waals surface area (Å²) in [6.45, 7) is -0.277. The number of benzene rings is 1. The Bertz CT molecular complexity index is 1010. The van der Waals surface area contributed by atoms with Gasteiger partial charge in [-0.3, -0.25) is 4.79 Å². The number of nitriles is 1. The third kappa shape index (κ3) is 4.32. The first kappa shape index (κ1) is 21.4. The molecule has 5 nitrogen and oxygen atoms in total. The number of fused-ring (bicyclic) bond motifs is 1. The largest absolute Gasteiger partial charge is 0.433 e. The molecular weight excluding hydrogens is 414 g/mol. The van der Waals surface area contributed by atoms with Crippen molar-refractivity contribution in [3.8, 4) is 6.07 Å². The number of aromatic nitrogens is 1. The van der Waals surface area contributed by atoms with Gasteiger partial charge in [-0.25, -0.2) is 4.98 Å². The van der Waals surface area contributed by atoms with Crippen LogP contribution >= 0.6 is 0 Å². The lowest BCUT2D eigenvalue weighted by Crippen LogP contribution is -2.39. The number of rotatable bonds is 3. The van der Waals surface area contributed by atoms with Gasteiger partial charge >= 0.3 is 12.4 Å². The van der Waals surface area contributed by atoms with Gasteiger partial charge in [0.2, 0.25) is 5.91 Å². The van der Waals surface area contributed by atoms with Crippen molar-refractivity contribution in [2.75, 3.05) is 23.3 Å². The van der Waals surface area contributed by atoms with E-state index in [2.05, 4.69) is 10.3 Å². The number of alkyl halides is 6. The van der Waals surface area contributed by atoms with Gasteiger partial charge in [0.25, 0.3) is 0 Å². The van der Waals surface area contributed by atoms with E-state index in [1.165, 1.54) is 11.0 Å². The molecule has 1 aliphatic heterocycles. The minimum absolute atomic E-state index is 0.216. The fraction of sp³-hybridized carbons (Fsp3) is 0.316. The van der Waals surface area contributed by atoms with E-state index in [0.717, 1.165) is 12.0 Å². The second kappa shape index (κ2) is 7.85. The molecule has 0 radical (unpaired) electrons. The molecule has 158 valence electrons. The van der Waals surface area contributed by atoms with Crippen molar-refractivity contribution < 1.29 is 31.1 Å². The van der Waals surface area contributed by atoms with Crippen molar-refractivity contribution in [1.29, 1.82) is 5.26 Å². The van der Waals surface area contributed by atoms with E-state index in [9.17, 15) is 31.1 Å². The van der Waals surface area contributed by atoms with Crippen LogP contribution in [-0.4, -0.2) is 24.0 Å². The number of halogens is 6. The van der Waals surface area contributed by atoms with Crippen LogP contribution in [0, 0.1) is 11.3 Å². The zero-order valence-corrected chi connectivity index (χ0v) is 15.2. The summed E-state index contributed by atoms with van der Waals surface area (Å²) in [7, 11) is 0. The molecule has 1 aliphatic rings. The van der Waals surface area contributed by atoms with Crippen LogP contribution in [0.15, 0.2) is 30.3 Å². The molecule has 2 aromatic rings. The molecule has 0 saturated heterocycles. The summed E-state index contributed by atoms with van der Waals surface area (Å²) in [6.07, 6.45) is -8.97. The van der Waals surface area contributed by atoms with Crippen molar-refractivity contribution >= 4 is 17.4 Å². The smallest absolute Gasteiger partial charge is 0.360 e. The fourth-order valence-corrected chi connectivity index (χ4v) is 3.20. The van der Waals surface area contributed by atoms with Crippen molar-refractivity contribution in [1.82, 2.24) is 4.98 Å². The lowest BCUT2D eigenvalue weighted by molar-refractivity contribution is -0.145. The van der Waals surface area contributed by atoms with Crippen LogP contribution in [0.2, 0.25) is 0 Å². The number of pyridine rings is 1. The second-order valence-electron chi connectivity index (χ2n) is 6.52. The molecule has 0 aliphatic carbocycles. The van der Waals surface area contributed by atoms with E-state index in [1.54, 1.807) is 18.2 Å². The highest BCUT2D eigenvalue weighted by molar-refractivity contribution is 5.97. The van der Waals surface area contributed by atoms with E-state index in [-0.39, 0.29) is 6.07 Å². The van der Waals surface area contributed by atoms with Crippen LogP contribution in [-0.2, 0) is 23.6 Å². The highest BCUT2D eigenvalue weighted by Gasteiger charge is 2.41. The highest BCUT2D eigenvalue weighted by Crippen LogP contribution is 2.38. The Hall–Kier alpha value is -3.29. The molecule has 0 atom stereocenters. The summed E-state index contributed by atoms with van der Waals surface area (Å²) < 4.78 is 78.6. The summed E-state index contributed by atoms with van der Waals surface area (Å²) >= 11 is 0. The third-order valence-electron chi connectivity index (χ3n) is 4.55. The van der Waals surface area contributed by atoms with Crippen LogP contribution in [0.5, 0.6) is 0 Å². The predicted molar refractivity (Wildman–Crippen MR) is 94.6 cm³/mol. The maximum atomic E-state index is 13.2. The molecule has 0 bridgehead atoms. The van der Waals surface area contributed by atoms with Crippen molar-refractivity contribution in [2.45, 2.75) is 25.2 Å². The van der Waals surface area contributed by atoms with Crippen LogP contribution < -0.4 is 10.2 Å². The second-order valence-corrected chi connectivity index (χ2v) is 6.52. The van der Waals surface area contributed by atoms with Crippen LogP contribution in [0.4, 0.5) is 37.8 Å². The Balaban J connectivity index is 1.92. The van der Waals surface area contributed by atoms with E-state index < -0.39 is 47.4 Å². The number of aryl methyl sites for hydroxylation is 1. The highest BCUT2D eigenvalue weighted by atomic mass is 19.4. The third-order valence-corrected chi connectivity index (χ3v) is 4.55. The van der Waals surface area contributed by atoms with Crippen LogP contribution in [0.1, 0.15) is 28.8 Å². The van der Waals surface area contributed by atoms with Crippen molar-refractivity contribution in [3.05, 3.63) is 52.7 Å². The zero-order chi connectivity index (χ0) is 22.1. The number of hydrogen-bond acceptors (Lipinski definition) is 4. The molecule has 1 amide bonds. The monoisotopic (exact) mass is 428 g/mol. The van der Waals surface area contributed by atoms with Gasteiger partial charge < -0.3 is 10.2 Å². The molecule has 0 fully saturated rings. The normalized spacial score (nSPS) is 14.1. The van der Waals surface area contributed by atoms with Crippen LogP contribution in [0.25, 0.3) is 0 Å². The quantitative estimate of drug-likeness (QED) is 0.737. The first-order valence-corrected chi connectivity index (χ1v) is 8.74. The van der Waals surface area contributed by atoms with Crippen molar-refractivity contribution in [2.24, 2.45) is 0 Å². The van der Waals surface area contributed by atoms with Gasteiger partial charge in [-0.15, -0.1) is 0 Å². The fourth-order valence-electron chi connectivity index (χ4n) is 3.20. The number of hydrogen-bond donors (Lipinski definition) is 1. The molecule has 11 heteroatoms. The summed E-state index contributed by atoms with van der Waals surface area (Å²) in [5.41, 5.74) is -3.16. The lowest BCUT2D eigenvalue weighted by atomic mass is 10.0.